The standard InChI is InChI=1S/C11H17ClN2O3S2/c1-8-13-5-10(18-8)19(15,16)14-6-9(4-12)17-11(2,3)7-14/h5,9H,4,6-7H2,1-3H3. The first kappa shape index (κ1) is 15.2. The van der Waals surface area contributed by atoms with Crippen LogP contribution in [0.25, 0.3) is 0 Å². The lowest BCUT2D eigenvalue weighted by Crippen LogP contribution is -2.54. The minimum atomic E-state index is -3.50. The Morgan fingerprint density at radius 1 is 1.63 bits per heavy atom. The molecule has 8 heteroatoms. The average molecular weight is 325 g/mol. The van der Waals surface area contributed by atoms with Crippen molar-refractivity contribution in [3.05, 3.63) is 11.2 Å². The van der Waals surface area contributed by atoms with Crippen molar-refractivity contribution in [3.8, 4) is 0 Å². The monoisotopic (exact) mass is 324 g/mol. The van der Waals surface area contributed by atoms with Gasteiger partial charge in [-0.3, -0.25) is 0 Å². The van der Waals surface area contributed by atoms with E-state index < -0.39 is 15.6 Å². The number of morpholine rings is 1. The Kier molecular flexibility index (Phi) is 4.23. The highest BCUT2D eigenvalue weighted by Crippen LogP contribution is 2.29. The molecule has 0 saturated carbocycles. The molecule has 1 atom stereocenters. The van der Waals surface area contributed by atoms with Gasteiger partial charge in [-0.05, 0) is 20.8 Å². The summed E-state index contributed by atoms with van der Waals surface area (Å²) in [4.78, 5) is 4.01. The lowest BCUT2D eigenvalue weighted by molar-refractivity contribution is -0.107. The molecule has 0 N–H and O–H groups in total. The summed E-state index contributed by atoms with van der Waals surface area (Å²) in [7, 11) is -3.50. The molecule has 5 nitrogen and oxygen atoms in total. The zero-order chi connectivity index (χ0) is 14.3. The van der Waals surface area contributed by atoms with Crippen LogP contribution in [-0.2, 0) is 14.8 Å². The third kappa shape index (κ3) is 3.28. The van der Waals surface area contributed by atoms with Gasteiger partial charge in [0, 0.05) is 19.0 Å². The first-order valence-corrected chi connectivity index (χ1v) is 8.70. The van der Waals surface area contributed by atoms with Gasteiger partial charge in [0.15, 0.2) is 4.21 Å². The first-order valence-electron chi connectivity index (χ1n) is 5.91. The Morgan fingerprint density at radius 2 is 2.32 bits per heavy atom. The molecule has 1 aromatic heterocycles. The second kappa shape index (κ2) is 5.29. The Labute approximate surface area is 122 Å². The molecule has 0 radical (unpaired) electrons. The predicted molar refractivity (Wildman–Crippen MR) is 75.3 cm³/mol. The van der Waals surface area contributed by atoms with E-state index in [1.807, 2.05) is 13.8 Å². The summed E-state index contributed by atoms with van der Waals surface area (Å²) in [5, 5.41) is 0.736. The van der Waals surface area contributed by atoms with Crippen molar-refractivity contribution in [1.82, 2.24) is 9.29 Å². The summed E-state index contributed by atoms with van der Waals surface area (Å²) in [6.45, 7) is 6.12. The van der Waals surface area contributed by atoms with Gasteiger partial charge in [0.1, 0.15) is 0 Å². The van der Waals surface area contributed by atoms with E-state index >= 15 is 0 Å². The largest absolute Gasteiger partial charge is 0.368 e. The summed E-state index contributed by atoms with van der Waals surface area (Å²) >= 11 is 7.00. The van der Waals surface area contributed by atoms with Gasteiger partial charge in [-0.15, -0.1) is 22.9 Å². The van der Waals surface area contributed by atoms with Crippen LogP contribution in [0.3, 0.4) is 0 Å². The number of aromatic nitrogens is 1. The van der Waals surface area contributed by atoms with Crippen LogP contribution in [0.4, 0.5) is 0 Å². The molecule has 19 heavy (non-hydrogen) atoms. The van der Waals surface area contributed by atoms with Crippen molar-refractivity contribution in [2.24, 2.45) is 0 Å². The summed E-state index contributed by atoms with van der Waals surface area (Å²) < 4.78 is 32.5. The van der Waals surface area contributed by atoms with Crippen molar-refractivity contribution in [2.45, 2.75) is 36.7 Å². The van der Waals surface area contributed by atoms with E-state index in [2.05, 4.69) is 4.98 Å². The summed E-state index contributed by atoms with van der Waals surface area (Å²) in [5.74, 6) is 0.275. The number of aryl methyl sites for hydroxylation is 1. The van der Waals surface area contributed by atoms with Crippen molar-refractivity contribution in [2.75, 3.05) is 19.0 Å². The van der Waals surface area contributed by atoms with Gasteiger partial charge in [0.2, 0.25) is 0 Å². The Bertz CT molecular complexity index is 556. The molecule has 0 spiro atoms. The van der Waals surface area contributed by atoms with Gasteiger partial charge in [-0.1, -0.05) is 0 Å². The van der Waals surface area contributed by atoms with E-state index in [-0.39, 0.29) is 22.7 Å². The Hall–Kier alpha value is -0.210. The highest BCUT2D eigenvalue weighted by Gasteiger charge is 2.39. The van der Waals surface area contributed by atoms with E-state index in [0.717, 1.165) is 5.01 Å². The van der Waals surface area contributed by atoms with Crippen molar-refractivity contribution in [3.63, 3.8) is 0 Å². The van der Waals surface area contributed by atoms with E-state index in [4.69, 9.17) is 16.3 Å². The predicted octanol–water partition coefficient (Wildman–Crippen LogP) is 1.86. The molecule has 1 aliphatic heterocycles. The van der Waals surface area contributed by atoms with E-state index in [1.165, 1.54) is 21.8 Å². The second-order valence-corrected chi connectivity index (χ2v) is 8.86. The minimum absolute atomic E-state index is 0.274. The van der Waals surface area contributed by atoms with Gasteiger partial charge in [-0.2, -0.15) is 4.31 Å². The summed E-state index contributed by atoms with van der Waals surface area (Å²) in [6, 6.07) is 0. The van der Waals surface area contributed by atoms with Crippen LogP contribution in [0, 0.1) is 6.92 Å². The molecule has 1 fully saturated rings. The highest BCUT2D eigenvalue weighted by atomic mass is 35.5. The van der Waals surface area contributed by atoms with E-state index in [9.17, 15) is 8.42 Å². The van der Waals surface area contributed by atoms with Gasteiger partial charge in [0.05, 0.1) is 22.9 Å². The lowest BCUT2D eigenvalue weighted by Gasteiger charge is -2.41. The third-order valence-corrected chi connectivity index (χ3v) is 6.32. The van der Waals surface area contributed by atoms with Crippen LogP contribution in [0.2, 0.25) is 0 Å². The van der Waals surface area contributed by atoms with Crippen LogP contribution < -0.4 is 0 Å². The van der Waals surface area contributed by atoms with Gasteiger partial charge >= 0.3 is 0 Å². The van der Waals surface area contributed by atoms with E-state index in [1.54, 1.807) is 6.92 Å². The molecule has 0 aromatic carbocycles. The van der Waals surface area contributed by atoms with Crippen molar-refractivity contribution in [1.29, 1.82) is 0 Å². The number of hydrogen-bond acceptors (Lipinski definition) is 5. The molecule has 2 heterocycles. The summed E-state index contributed by atoms with van der Waals surface area (Å²) in [5.41, 5.74) is -0.537. The highest BCUT2D eigenvalue weighted by molar-refractivity contribution is 7.91. The first-order chi connectivity index (χ1) is 8.74. The Morgan fingerprint density at radius 3 is 2.84 bits per heavy atom. The number of sulfonamides is 1. The minimum Gasteiger partial charge on any atom is -0.368 e. The SMILES string of the molecule is Cc1ncc(S(=O)(=O)N2CC(CCl)OC(C)(C)C2)s1. The number of nitrogens with zero attached hydrogens (tertiary/aromatic N) is 2. The maximum absolute atomic E-state index is 12.5. The smallest absolute Gasteiger partial charge is 0.254 e. The van der Waals surface area contributed by atoms with Gasteiger partial charge in [-0.25, -0.2) is 13.4 Å². The van der Waals surface area contributed by atoms with Crippen molar-refractivity contribution >= 4 is 33.0 Å². The zero-order valence-electron chi connectivity index (χ0n) is 11.1. The number of alkyl halides is 1. The third-order valence-electron chi connectivity index (χ3n) is 2.82. The molecule has 0 aliphatic carbocycles. The van der Waals surface area contributed by atoms with Gasteiger partial charge in [0.25, 0.3) is 10.0 Å². The van der Waals surface area contributed by atoms with Crippen LogP contribution >= 0.6 is 22.9 Å². The molecule has 1 saturated heterocycles. The molecule has 0 bridgehead atoms. The maximum Gasteiger partial charge on any atom is 0.254 e. The van der Waals surface area contributed by atoms with E-state index in [0.29, 0.717) is 6.54 Å². The number of ether oxygens (including phenoxy) is 1. The fraction of sp³-hybridized carbons (Fsp3) is 0.727. The second-order valence-electron chi connectivity index (χ2n) is 5.15. The van der Waals surface area contributed by atoms with Crippen LogP contribution in [-0.4, -0.2) is 48.4 Å². The molecular weight excluding hydrogens is 308 g/mol. The fourth-order valence-electron chi connectivity index (χ4n) is 2.09. The Balaban J connectivity index is 2.29. The van der Waals surface area contributed by atoms with Crippen LogP contribution in [0.5, 0.6) is 0 Å². The van der Waals surface area contributed by atoms with Crippen LogP contribution in [0.1, 0.15) is 18.9 Å². The van der Waals surface area contributed by atoms with Gasteiger partial charge < -0.3 is 4.74 Å². The molecular formula is C11H17ClN2O3S2. The lowest BCUT2D eigenvalue weighted by atomic mass is 10.1. The zero-order valence-corrected chi connectivity index (χ0v) is 13.5. The molecule has 1 aromatic rings. The van der Waals surface area contributed by atoms with Crippen molar-refractivity contribution < 1.29 is 13.2 Å². The fourth-order valence-corrected chi connectivity index (χ4v) is 5.14. The molecule has 108 valence electrons. The average Bonchev–Trinajstić information content (AvgIpc) is 2.74. The quantitative estimate of drug-likeness (QED) is 0.796. The van der Waals surface area contributed by atoms with Crippen LogP contribution in [0.15, 0.2) is 10.4 Å². The topological polar surface area (TPSA) is 59.5 Å². The number of thiazole rings is 1. The number of rotatable bonds is 3. The summed E-state index contributed by atoms with van der Waals surface area (Å²) in [6.07, 6.45) is 1.13. The maximum atomic E-state index is 12.5. The molecule has 1 unspecified atom stereocenters. The normalized spacial score (nSPS) is 24.5. The molecule has 2 rings (SSSR count). The number of halogens is 1. The molecule has 1 aliphatic rings. The molecule has 0 amide bonds. The number of hydrogen-bond donors (Lipinski definition) is 0.